The van der Waals surface area contributed by atoms with Crippen molar-refractivity contribution >= 4 is 28.6 Å². The van der Waals surface area contributed by atoms with Crippen molar-refractivity contribution in [1.82, 2.24) is 19.5 Å². The lowest BCUT2D eigenvalue weighted by atomic mass is 10.0. The van der Waals surface area contributed by atoms with Crippen molar-refractivity contribution in [2.45, 2.75) is 24.7 Å². The Bertz CT molecular complexity index is 710. The number of aliphatic hydroxyl groups excluding tert-OH is 1. The number of rotatable bonds is 2. The third-order valence-corrected chi connectivity index (χ3v) is 3.58. The molecule has 1 aliphatic heterocycles. The van der Waals surface area contributed by atoms with E-state index in [1.807, 2.05) is 0 Å². The van der Waals surface area contributed by atoms with Crippen molar-refractivity contribution in [3.05, 3.63) is 11.6 Å². The Morgan fingerprint density at radius 1 is 1.65 bits per heavy atom. The monoisotopic (exact) mass is 293 g/mol. The Balaban J connectivity index is 2.03. The lowest BCUT2D eigenvalue weighted by Gasteiger charge is -2.21. The first kappa shape index (κ1) is 13.1. The summed E-state index contributed by atoms with van der Waals surface area (Å²) in [6.07, 6.45) is 7.81. The van der Waals surface area contributed by atoms with Gasteiger partial charge in [-0.05, 0) is 24.4 Å². The summed E-state index contributed by atoms with van der Waals surface area (Å²) < 4.78 is 7.47. The van der Waals surface area contributed by atoms with Gasteiger partial charge in [0.15, 0.2) is 17.1 Å². The van der Waals surface area contributed by atoms with Crippen LogP contribution in [0.25, 0.3) is 11.2 Å². The van der Waals surface area contributed by atoms with Gasteiger partial charge in [0, 0.05) is 0 Å². The molecular formula is C12H12ClN5O2. The van der Waals surface area contributed by atoms with Gasteiger partial charge >= 0.3 is 0 Å². The van der Waals surface area contributed by atoms with Crippen LogP contribution in [0.1, 0.15) is 19.1 Å². The zero-order valence-corrected chi connectivity index (χ0v) is 11.2. The molecule has 2 atom stereocenters. The lowest BCUT2D eigenvalue weighted by molar-refractivity contribution is -0.0617. The maximum Gasteiger partial charge on any atom is 0.226 e. The van der Waals surface area contributed by atoms with Gasteiger partial charge in [-0.25, -0.2) is 4.98 Å². The number of aliphatic hydroxyl groups is 1. The molecular weight excluding hydrogens is 282 g/mol. The molecule has 0 amide bonds. The van der Waals surface area contributed by atoms with Crippen LogP contribution in [-0.4, -0.2) is 36.8 Å². The van der Waals surface area contributed by atoms with Crippen LogP contribution in [-0.2, 0) is 4.74 Å². The molecule has 3 N–H and O–H groups in total. The van der Waals surface area contributed by atoms with Gasteiger partial charge in [-0.1, -0.05) is 5.92 Å². The summed E-state index contributed by atoms with van der Waals surface area (Å²) in [7, 11) is 0. The van der Waals surface area contributed by atoms with E-state index in [1.54, 1.807) is 10.9 Å². The SMILES string of the molecule is C#C[C@@]1(CO)CC[C@H](n2cnc3c(N)nc(Cl)nc32)O1. The highest BCUT2D eigenvalue weighted by Crippen LogP contribution is 2.37. The van der Waals surface area contributed by atoms with Gasteiger partial charge in [0.25, 0.3) is 0 Å². The summed E-state index contributed by atoms with van der Waals surface area (Å²) in [5.41, 5.74) is 5.74. The molecule has 8 heteroatoms. The topological polar surface area (TPSA) is 99.1 Å². The van der Waals surface area contributed by atoms with Crippen molar-refractivity contribution in [3.63, 3.8) is 0 Å². The number of nitrogens with zero attached hydrogens (tertiary/aromatic N) is 4. The van der Waals surface area contributed by atoms with Crippen molar-refractivity contribution < 1.29 is 9.84 Å². The van der Waals surface area contributed by atoms with Crippen LogP contribution < -0.4 is 5.73 Å². The first-order valence-corrected chi connectivity index (χ1v) is 6.38. The van der Waals surface area contributed by atoms with Crippen LogP contribution in [0.3, 0.4) is 0 Å². The number of nitrogens with two attached hydrogens (primary N) is 1. The zero-order valence-electron chi connectivity index (χ0n) is 10.5. The Hall–Kier alpha value is -1.88. The van der Waals surface area contributed by atoms with Crippen molar-refractivity contribution in [3.8, 4) is 12.3 Å². The maximum atomic E-state index is 9.37. The van der Waals surface area contributed by atoms with Crippen LogP contribution in [0.2, 0.25) is 5.28 Å². The minimum Gasteiger partial charge on any atom is -0.392 e. The molecule has 0 spiro atoms. The minimum absolute atomic E-state index is 0.0418. The molecule has 3 heterocycles. The summed E-state index contributed by atoms with van der Waals surface area (Å²) in [5.74, 6) is 2.71. The number of hydrogen-bond acceptors (Lipinski definition) is 6. The Morgan fingerprint density at radius 2 is 2.45 bits per heavy atom. The number of ether oxygens (including phenoxy) is 1. The number of anilines is 1. The summed E-state index contributed by atoms with van der Waals surface area (Å²) >= 11 is 5.81. The van der Waals surface area contributed by atoms with E-state index in [9.17, 15) is 5.11 Å². The van der Waals surface area contributed by atoms with Gasteiger partial charge in [-0.15, -0.1) is 6.42 Å². The minimum atomic E-state index is -0.955. The smallest absolute Gasteiger partial charge is 0.226 e. The first-order chi connectivity index (χ1) is 9.58. The number of fused-ring (bicyclic) bond motifs is 1. The quantitative estimate of drug-likeness (QED) is 0.626. The Kier molecular flexibility index (Phi) is 3.01. The number of hydrogen-bond donors (Lipinski definition) is 2. The van der Waals surface area contributed by atoms with Gasteiger partial charge in [0.1, 0.15) is 11.7 Å². The lowest BCUT2D eigenvalue weighted by Crippen LogP contribution is -2.31. The van der Waals surface area contributed by atoms with E-state index in [-0.39, 0.29) is 23.9 Å². The second-order valence-corrected chi connectivity index (χ2v) is 4.95. The van der Waals surface area contributed by atoms with E-state index >= 15 is 0 Å². The van der Waals surface area contributed by atoms with Crippen LogP contribution >= 0.6 is 11.6 Å². The second-order valence-electron chi connectivity index (χ2n) is 4.61. The third-order valence-electron chi connectivity index (χ3n) is 3.41. The Labute approximate surface area is 119 Å². The molecule has 3 rings (SSSR count). The summed E-state index contributed by atoms with van der Waals surface area (Å²) in [5, 5.41) is 9.42. The molecule has 0 radical (unpaired) electrons. The first-order valence-electron chi connectivity index (χ1n) is 6.00. The fourth-order valence-electron chi connectivity index (χ4n) is 2.32. The molecule has 20 heavy (non-hydrogen) atoms. The predicted octanol–water partition coefficient (Wildman–Crippen LogP) is 0.735. The molecule has 1 fully saturated rings. The summed E-state index contributed by atoms with van der Waals surface area (Å²) in [6.45, 7) is -0.232. The highest BCUT2D eigenvalue weighted by atomic mass is 35.5. The van der Waals surface area contributed by atoms with Gasteiger partial charge < -0.3 is 15.6 Å². The molecule has 1 saturated heterocycles. The van der Waals surface area contributed by atoms with Crippen LogP contribution in [0.4, 0.5) is 5.82 Å². The van der Waals surface area contributed by atoms with E-state index in [1.165, 1.54) is 0 Å². The zero-order chi connectivity index (χ0) is 14.3. The van der Waals surface area contributed by atoms with E-state index < -0.39 is 5.60 Å². The molecule has 2 aromatic rings. The van der Waals surface area contributed by atoms with Crippen molar-refractivity contribution in [2.75, 3.05) is 12.3 Å². The maximum absolute atomic E-state index is 9.37. The molecule has 0 aromatic carbocycles. The van der Waals surface area contributed by atoms with Crippen LogP contribution in [0, 0.1) is 12.3 Å². The fourth-order valence-corrected chi connectivity index (χ4v) is 2.49. The van der Waals surface area contributed by atoms with Crippen LogP contribution in [0.15, 0.2) is 6.33 Å². The largest absolute Gasteiger partial charge is 0.392 e. The van der Waals surface area contributed by atoms with E-state index in [4.69, 9.17) is 28.5 Å². The normalized spacial score (nSPS) is 25.9. The van der Waals surface area contributed by atoms with E-state index in [0.717, 1.165) is 0 Å². The van der Waals surface area contributed by atoms with E-state index in [0.29, 0.717) is 24.0 Å². The number of nitrogen functional groups attached to an aromatic ring is 1. The van der Waals surface area contributed by atoms with Gasteiger partial charge in [-0.2, -0.15) is 9.97 Å². The molecule has 0 aliphatic carbocycles. The third kappa shape index (κ3) is 1.89. The molecule has 0 saturated carbocycles. The molecule has 0 bridgehead atoms. The number of imidazole rings is 1. The average Bonchev–Trinajstić information content (AvgIpc) is 3.02. The molecule has 104 valence electrons. The standard InChI is InChI=1S/C12H12ClN5O2/c1-2-12(5-19)4-3-7(20-12)18-6-15-8-9(14)16-11(13)17-10(8)18/h1,6-7,19H,3-5H2,(H2,14,16,17)/t7-,12+/m1/s1. The Morgan fingerprint density at radius 3 is 3.10 bits per heavy atom. The predicted molar refractivity (Wildman–Crippen MR) is 72.8 cm³/mol. The highest BCUT2D eigenvalue weighted by molar-refractivity contribution is 6.28. The molecule has 7 nitrogen and oxygen atoms in total. The molecule has 2 aromatic heterocycles. The fraction of sp³-hybridized carbons (Fsp3) is 0.417. The van der Waals surface area contributed by atoms with Gasteiger partial charge in [0.05, 0.1) is 12.9 Å². The van der Waals surface area contributed by atoms with Crippen molar-refractivity contribution in [2.24, 2.45) is 0 Å². The number of terminal acetylenes is 1. The number of halogens is 1. The van der Waals surface area contributed by atoms with Gasteiger partial charge in [-0.3, -0.25) is 4.57 Å². The van der Waals surface area contributed by atoms with Crippen molar-refractivity contribution in [1.29, 1.82) is 0 Å². The molecule has 1 aliphatic rings. The molecule has 0 unspecified atom stereocenters. The average molecular weight is 294 g/mol. The summed E-state index contributed by atoms with van der Waals surface area (Å²) in [6, 6.07) is 0. The van der Waals surface area contributed by atoms with Crippen LogP contribution in [0.5, 0.6) is 0 Å². The second kappa shape index (κ2) is 4.59. The summed E-state index contributed by atoms with van der Waals surface area (Å²) in [4.78, 5) is 12.1. The van der Waals surface area contributed by atoms with Gasteiger partial charge in [0.2, 0.25) is 5.28 Å². The number of aromatic nitrogens is 4. The van der Waals surface area contributed by atoms with E-state index in [2.05, 4.69) is 20.9 Å². The highest BCUT2D eigenvalue weighted by Gasteiger charge is 2.39.